The number of hydrogen-bond acceptors (Lipinski definition) is 7. The Morgan fingerprint density at radius 1 is 1.41 bits per heavy atom. The number of nitrogen functional groups attached to an aromatic ring is 1. The first kappa shape index (κ1) is 17.5. The fourth-order valence-corrected chi connectivity index (χ4v) is 3.66. The lowest BCUT2D eigenvalue weighted by molar-refractivity contribution is -0.116. The molecule has 1 amide bonds. The van der Waals surface area contributed by atoms with Crippen LogP contribution >= 0.6 is 0 Å². The first-order valence-electron chi connectivity index (χ1n) is 9.01. The summed E-state index contributed by atoms with van der Waals surface area (Å²) < 4.78 is 7.23. The summed E-state index contributed by atoms with van der Waals surface area (Å²) in [7, 11) is 0. The van der Waals surface area contributed by atoms with E-state index in [1.165, 1.54) is 0 Å². The summed E-state index contributed by atoms with van der Waals surface area (Å²) in [5, 5.41) is 7.27. The van der Waals surface area contributed by atoms with Gasteiger partial charge in [0.05, 0.1) is 26.0 Å². The van der Waals surface area contributed by atoms with Gasteiger partial charge >= 0.3 is 0 Å². The molecule has 0 aliphatic carbocycles. The van der Waals surface area contributed by atoms with Crippen molar-refractivity contribution in [1.82, 2.24) is 19.7 Å². The molecule has 2 aromatic rings. The maximum Gasteiger partial charge on any atom is 0.229 e. The minimum Gasteiger partial charge on any atom is -0.383 e. The van der Waals surface area contributed by atoms with Crippen LogP contribution in [0.3, 0.4) is 0 Å². The molecule has 2 aromatic heterocycles. The Bertz CT molecular complexity index is 886. The number of aromatic nitrogens is 4. The molecule has 1 saturated heterocycles. The van der Waals surface area contributed by atoms with Crippen LogP contribution in [0.1, 0.15) is 29.2 Å². The van der Waals surface area contributed by atoms with Crippen LogP contribution in [0.15, 0.2) is 18.9 Å². The zero-order chi connectivity index (χ0) is 19.0. The number of nitrogens with one attached hydrogen (secondary N) is 1. The fourth-order valence-electron chi connectivity index (χ4n) is 3.66. The molecule has 2 aliphatic rings. The third-order valence-corrected chi connectivity index (χ3v) is 5.07. The van der Waals surface area contributed by atoms with Crippen molar-refractivity contribution in [2.45, 2.75) is 25.8 Å². The fraction of sp³-hybridized carbons (Fsp3) is 0.444. The number of carbonyl (C=O) groups is 1. The van der Waals surface area contributed by atoms with Gasteiger partial charge in [0.25, 0.3) is 0 Å². The summed E-state index contributed by atoms with van der Waals surface area (Å²) in [5.41, 5.74) is 9.04. The molecule has 0 bridgehead atoms. The lowest BCUT2D eigenvalue weighted by atomic mass is 9.86. The second-order valence-corrected chi connectivity index (χ2v) is 6.73. The van der Waals surface area contributed by atoms with Gasteiger partial charge in [0.1, 0.15) is 11.6 Å². The monoisotopic (exact) mass is 369 g/mol. The Labute approximate surface area is 157 Å². The van der Waals surface area contributed by atoms with Crippen molar-refractivity contribution in [1.29, 1.82) is 0 Å². The number of carbonyl (C=O) groups excluding carboxylic acids is 1. The van der Waals surface area contributed by atoms with Crippen molar-refractivity contribution < 1.29 is 9.53 Å². The van der Waals surface area contributed by atoms with Crippen molar-refractivity contribution in [3.8, 4) is 0 Å². The van der Waals surface area contributed by atoms with Crippen LogP contribution in [0.4, 0.5) is 17.6 Å². The largest absolute Gasteiger partial charge is 0.383 e. The molecule has 9 heteroatoms. The Morgan fingerprint density at radius 2 is 2.19 bits per heavy atom. The number of anilines is 3. The number of rotatable bonds is 4. The number of ether oxygens (including phenoxy) is 1. The predicted octanol–water partition coefficient (Wildman–Crippen LogP) is 1.06. The second-order valence-electron chi connectivity index (χ2n) is 6.73. The molecule has 27 heavy (non-hydrogen) atoms. The Kier molecular flexibility index (Phi) is 4.53. The van der Waals surface area contributed by atoms with Gasteiger partial charge in [-0.25, -0.2) is 0 Å². The zero-order valence-electron chi connectivity index (χ0n) is 15.3. The minimum atomic E-state index is -0.217. The lowest BCUT2D eigenvalue weighted by Gasteiger charge is -2.30. The van der Waals surface area contributed by atoms with Crippen molar-refractivity contribution in [3.05, 3.63) is 35.7 Å². The van der Waals surface area contributed by atoms with E-state index in [9.17, 15) is 4.79 Å². The number of hydrogen-bond donors (Lipinski definition) is 2. The molecule has 0 aromatic carbocycles. The zero-order valence-corrected chi connectivity index (χ0v) is 15.3. The molecule has 1 fully saturated rings. The molecule has 1 unspecified atom stereocenters. The van der Waals surface area contributed by atoms with Gasteiger partial charge < -0.3 is 20.7 Å². The van der Waals surface area contributed by atoms with E-state index >= 15 is 0 Å². The average molecular weight is 369 g/mol. The summed E-state index contributed by atoms with van der Waals surface area (Å²) in [5.74, 6) is 1.10. The maximum atomic E-state index is 12.4. The van der Waals surface area contributed by atoms with E-state index in [2.05, 4.69) is 27.0 Å². The van der Waals surface area contributed by atoms with E-state index in [0.717, 1.165) is 16.8 Å². The van der Waals surface area contributed by atoms with Crippen molar-refractivity contribution >= 4 is 23.5 Å². The molecule has 0 radical (unpaired) electrons. The quantitative estimate of drug-likeness (QED) is 0.775. The van der Waals surface area contributed by atoms with E-state index in [-0.39, 0.29) is 18.2 Å². The van der Waals surface area contributed by atoms with Crippen LogP contribution in [-0.4, -0.2) is 52.0 Å². The van der Waals surface area contributed by atoms with Crippen LogP contribution in [-0.2, 0) is 16.1 Å². The number of fused-ring (bicyclic) bond motifs is 1. The third-order valence-electron chi connectivity index (χ3n) is 5.07. The minimum absolute atomic E-state index is 0.0885. The molecular formula is C18H23N7O2. The smallest absolute Gasteiger partial charge is 0.229 e. The van der Waals surface area contributed by atoms with E-state index in [4.69, 9.17) is 10.5 Å². The second kappa shape index (κ2) is 6.99. The van der Waals surface area contributed by atoms with Crippen molar-refractivity contribution in [3.63, 3.8) is 0 Å². The number of allylic oxidation sites excluding steroid dienone is 1. The highest BCUT2D eigenvalue weighted by Crippen LogP contribution is 2.40. The van der Waals surface area contributed by atoms with E-state index in [0.29, 0.717) is 50.4 Å². The van der Waals surface area contributed by atoms with Gasteiger partial charge in [-0.1, -0.05) is 6.08 Å². The van der Waals surface area contributed by atoms with E-state index in [1.807, 2.05) is 16.5 Å². The van der Waals surface area contributed by atoms with Crippen LogP contribution in [0, 0.1) is 6.92 Å². The molecule has 0 spiro atoms. The Morgan fingerprint density at radius 3 is 2.93 bits per heavy atom. The van der Waals surface area contributed by atoms with Crippen LogP contribution in [0.5, 0.6) is 0 Å². The number of morpholine rings is 1. The highest BCUT2D eigenvalue weighted by atomic mass is 16.5. The van der Waals surface area contributed by atoms with Crippen molar-refractivity contribution in [2.24, 2.45) is 0 Å². The maximum absolute atomic E-state index is 12.4. The third kappa shape index (κ3) is 3.14. The summed E-state index contributed by atoms with van der Waals surface area (Å²) in [4.78, 5) is 23.5. The molecule has 2 aliphatic heterocycles. The molecule has 9 nitrogen and oxygen atoms in total. The van der Waals surface area contributed by atoms with E-state index < -0.39 is 0 Å². The Hall–Kier alpha value is -2.94. The Balaban J connectivity index is 1.75. The standard InChI is InChI=1S/C18H23N7O2/c1-3-4-25-11(2)13(10-20-25)12-9-14(26)21-17-15(12)16(19)22-18(23-17)24-5-7-27-8-6-24/h3,10,12H,1,4-9H2,2H3,(H3,19,21,22,23,26). The predicted molar refractivity (Wildman–Crippen MR) is 102 cm³/mol. The topological polar surface area (TPSA) is 111 Å². The summed E-state index contributed by atoms with van der Waals surface area (Å²) in [6.07, 6.45) is 3.87. The van der Waals surface area contributed by atoms with E-state index in [1.54, 1.807) is 12.3 Å². The molecule has 1 atom stereocenters. The summed E-state index contributed by atoms with van der Waals surface area (Å²) in [6.45, 7) is 8.99. The molecular weight excluding hydrogens is 346 g/mol. The molecule has 0 saturated carbocycles. The molecule has 4 rings (SSSR count). The van der Waals surface area contributed by atoms with Gasteiger partial charge in [0.15, 0.2) is 0 Å². The summed E-state index contributed by atoms with van der Waals surface area (Å²) in [6, 6.07) is 0. The van der Waals surface area contributed by atoms with Crippen LogP contribution in [0.2, 0.25) is 0 Å². The number of amides is 1. The average Bonchev–Trinajstić information content (AvgIpc) is 3.02. The number of nitrogens with zero attached hydrogens (tertiary/aromatic N) is 5. The first-order chi connectivity index (χ1) is 13.1. The van der Waals surface area contributed by atoms with Gasteiger partial charge in [0, 0.05) is 42.2 Å². The van der Waals surface area contributed by atoms with Gasteiger partial charge in [-0.05, 0) is 6.92 Å². The molecule has 3 N–H and O–H groups in total. The van der Waals surface area contributed by atoms with Crippen LogP contribution in [0.25, 0.3) is 0 Å². The lowest BCUT2D eigenvalue weighted by Crippen LogP contribution is -2.38. The highest BCUT2D eigenvalue weighted by Gasteiger charge is 2.33. The van der Waals surface area contributed by atoms with Crippen molar-refractivity contribution in [2.75, 3.05) is 42.3 Å². The first-order valence-corrected chi connectivity index (χ1v) is 9.01. The normalized spacial score (nSPS) is 19.5. The number of nitrogens with two attached hydrogens (primary N) is 1. The van der Waals surface area contributed by atoms with Gasteiger partial charge in [-0.15, -0.1) is 6.58 Å². The van der Waals surface area contributed by atoms with Gasteiger partial charge in [0.2, 0.25) is 11.9 Å². The highest BCUT2D eigenvalue weighted by molar-refractivity contribution is 5.95. The molecule has 142 valence electrons. The molecule has 4 heterocycles. The van der Waals surface area contributed by atoms with Gasteiger partial charge in [-0.3, -0.25) is 9.48 Å². The van der Waals surface area contributed by atoms with Gasteiger partial charge in [-0.2, -0.15) is 15.1 Å². The van der Waals surface area contributed by atoms with Crippen LogP contribution < -0.4 is 16.0 Å². The summed E-state index contributed by atoms with van der Waals surface area (Å²) >= 11 is 0. The SMILES string of the molecule is C=CCn1ncc(C2CC(=O)Nc3nc(N4CCOCC4)nc(N)c32)c1C.